The van der Waals surface area contributed by atoms with Gasteiger partial charge in [-0.15, -0.1) is 0 Å². The molecule has 16 heavy (non-hydrogen) atoms. The van der Waals surface area contributed by atoms with Crippen LogP contribution in [-0.4, -0.2) is 34.5 Å². The van der Waals surface area contributed by atoms with E-state index in [1.165, 1.54) is 6.42 Å². The van der Waals surface area contributed by atoms with Crippen molar-refractivity contribution in [3.8, 4) is 0 Å². The van der Waals surface area contributed by atoms with Crippen molar-refractivity contribution in [2.24, 2.45) is 5.41 Å². The molecular weight excluding hydrogens is 208 g/mol. The smallest absolute Gasteiger partial charge is 0.303 e. The molecule has 0 amide bonds. The van der Waals surface area contributed by atoms with Crippen LogP contribution in [0.25, 0.3) is 0 Å². The third-order valence-corrected chi connectivity index (χ3v) is 2.10. The molecule has 0 rings (SSSR count). The highest BCUT2D eigenvalue weighted by Gasteiger charge is 2.13. The average molecular weight is 234 g/mol. The minimum atomic E-state index is -0.675. The van der Waals surface area contributed by atoms with Gasteiger partial charge >= 0.3 is 5.97 Å². The highest BCUT2D eigenvalue weighted by Crippen LogP contribution is 2.10. The third-order valence-electron chi connectivity index (χ3n) is 2.10. The van der Waals surface area contributed by atoms with Crippen molar-refractivity contribution in [3.63, 3.8) is 0 Å². The maximum Gasteiger partial charge on any atom is 0.303 e. The van der Waals surface area contributed by atoms with Gasteiger partial charge in [0.1, 0.15) is 0 Å². The number of aliphatic hydroxyl groups excluding tert-OH is 2. The topological polar surface area (TPSA) is 77.8 Å². The summed E-state index contributed by atoms with van der Waals surface area (Å²) in [5.74, 6) is -0.675. The van der Waals surface area contributed by atoms with Crippen LogP contribution in [0.5, 0.6) is 0 Å². The van der Waals surface area contributed by atoms with E-state index < -0.39 is 5.97 Å². The highest BCUT2D eigenvalue weighted by atomic mass is 16.4. The van der Waals surface area contributed by atoms with Crippen LogP contribution in [0.1, 0.15) is 52.9 Å². The second kappa shape index (κ2) is 10.9. The number of carboxylic acid groups (broad SMARTS) is 1. The maximum absolute atomic E-state index is 9.96. The molecule has 98 valence electrons. The lowest BCUT2D eigenvalue weighted by Gasteiger charge is -2.16. The summed E-state index contributed by atoms with van der Waals surface area (Å²) in [6.07, 6.45) is 4.55. The maximum atomic E-state index is 9.96. The van der Waals surface area contributed by atoms with Crippen LogP contribution in [0, 0.1) is 5.41 Å². The Hall–Kier alpha value is -0.610. The molecule has 0 heterocycles. The third kappa shape index (κ3) is 15.8. The second-order valence-corrected chi connectivity index (χ2v) is 4.68. The van der Waals surface area contributed by atoms with Gasteiger partial charge in [0.25, 0.3) is 0 Å². The number of aliphatic hydroxyl groups is 2. The fraction of sp³-hybridized carbons (Fsp3) is 0.917. The summed E-state index contributed by atoms with van der Waals surface area (Å²) >= 11 is 0. The van der Waals surface area contributed by atoms with Gasteiger partial charge in [-0.3, -0.25) is 4.79 Å². The Kier molecular flexibility index (Phi) is 12.1. The van der Waals surface area contributed by atoms with Gasteiger partial charge < -0.3 is 15.3 Å². The van der Waals surface area contributed by atoms with E-state index in [4.69, 9.17) is 15.3 Å². The van der Waals surface area contributed by atoms with Crippen molar-refractivity contribution in [2.75, 3.05) is 13.2 Å². The predicted molar refractivity (Wildman–Crippen MR) is 64.3 cm³/mol. The van der Waals surface area contributed by atoms with Gasteiger partial charge in [-0.2, -0.15) is 0 Å². The summed E-state index contributed by atoms with van der Waals surface area (Å²) < 4.78 is 0. The van der Waals surface area contributed by atoms with E-state index in [0.29, 0.717) is 6.42 Å². The number of hydrogen-bond donors (Lipinski definition) is 3. The normalized spacial score (nSPS) is 10.6. The number of carbonyl (C=O) groups is 1. The molecule has 0 radical (unpaired) electrons. The predicted octanol–water partition coefficient (Wildman–Crippen LogP) is 2.04. The molecule has 0 aliphatic carbocycles. The fourth-order valence-corrected chi connectivity index (χ4v) is 0.753. The zero-order valence-corrected chi connectivity index (χ0v) is 10.7. The van der Waals surface area contributed by atoms with E-state index in [2.05, 4.69) is 6.92 Å². The van der Waals surface area contributed by atoms with E-state index in [0.717, 1.165) is 19.3 Å². The first-order valence-corrected chi connectivity index (χ1v) is 5.83. The first-order valence-electron chi connectivity index (χ1n) is 5.83. The quantitative estimate of drug-likeness (QED) is 0.589. The van der Waals surface area contributed by atoms with Crippen LogP contribution >= 0.6 is 0 Å². The van der Waals surface area contributed by atoms with Gasteiger partial charge in [-0.05, 0) is 6.42 Å². The van der Waals surface area contributed by atoms with Crippen molar-refractivity contribution in [1.82, 2.24) is 0 Å². The standard InChI is InChI=1S/C7H14O2.C5H12O2/c1-2-3-4-5-6-7(8)9;1-5(2,3-6)4-7/h2-6H2,1H3,(H,8,9);6-7H,3-4H2,1-2H3. The molecule has 0 aromatic rings. The van der Waals surface area contributed by atoms with E-state index in [-0.39, 0.29) is 18.6 Å². The first-order chi connectivity index (χ1) is 7.39. The molecule has 4 heteroatoms. The van der Waals surface area contributed by atoms with Crippen molar-refractivity contribution in [3.05, 3.63) is 0 Å². The Morgan fingerprint density at radius 2 is 1.56 bits per heavy atom. The summed E-state index contributed by atoms with van der Waals surface area (Å²) in [6, 6.07) is 0. The number of hydrogen-bond acceptors (Lipinski definition) is 3. The van der Waals surface area contributed by atoms with E-state index in [1.807, 2.05) is 0 Å². The van der Waals surface area contributed by atoms with Gasteiger partial charge in [0, 0.05) is 11.8 Å². The Labute approximate surface area is 98.3 Å². The van der Waals surface area contributed by atoms with Gasteiger partial charge in [-0.1, -0.05) is 40.0 Å². The fourth-order valence-electron chi connectivity index (χ4n) is 0.753. The zero-order valence-electron chi connectivity index (χ0n) is 10.7. The van der Waals surface area contributed by atoms with Crippen molar-refractivity contribution < 1.29 is 20.1 Å². The number of carboxylic acids is 1. The van der Waals surface area contributed by atoms with Gasteiger partial charge in [0.15, 0.2) is 0 Å². The zero-order chi connectivity index (χ0) is 13.0. The molecule has 0 aliphatic rings. The molecular formula is C12H26O4. The monoisotopic (exact) mass is 234 g/mol. The molecule has 0 unspecified atom stereocenters. The van der Waals surface area contributed by atoms with E-state index in [1.54, 1.807) is 13.8 Å². The minimum absolute atomic E-state index is 0.0451. The largest absolute Gasteiger partial charge is 0.481 e. The Balaban J connectivity index is 0. The van der Waals surface area contributed by atoms with Gasteiger partial charge in [-0.25, -0.2) is 0 Å². The van der Waals surface area contributed by atoms with Gasteiger partial charge in [0.05, 0.1) is 13.2 Å². The molecule has 4 nitrogen and oxygen atoms in total. The molecule has 0 atom stereocenters. The first kappa shape index (κ1) is 17.8. The van der Waals surface area contributed by atoms with Crippen LogP contribution in [0.2, 0.25) is 0 Å². The molecule has 0 spiro atoms. The Morgan fingerprint density at radius 3 is 1.81 bits per heavy atom. The summed E-state index contributed by atoms with van der Waals surface area (Å²) in [6.45, 7) is 5.80. The van der Waals surface area contributed by atoms with E-state index in [9.17, 15) is 4.79 Å². The Morgan fingerprint density at radius 1 is 1.06 bits per heavy atom. The van der Waals surface area contributed by atoms with Crippen LogP contribution in [-0.2, 0) is 4.79 Å². The van der Waals surface area contributed by atoms with E-state index >= 15 is 0 Å². The summed E-state index contributed by atoms with van der Waals surface area (Å²) in [7, 11) is 0. The van der Waals surface area contributed by atoms with Crippen LogP contribution in [0.4, 0.5) is 0 Å². The molecule has 0 saturated carbocycles. The van der Waals surface area contributed by atoms with Crippen molar-refractivity contribution in [2.45, 2.75) is 52.9 Å². The average Bonchev–Trinajstić information content (AvgIpc) is 2.25. The summed E-state index contributed by atoms with van der Waals surface area (Å²) in [5, 5.41) is 25.1. The van der Waals surface area contributed by atoms with Crippen LogP contribution in [0.3, 0.4) is 0 Å². The highest BCUT2D eigenvalue weighted by molar-refractivity contribution is 5.66. The molecule has 0 aliphatic heterocycles. The molecule has 0 bridgehead atoms. The Bertz CT molecular complexity index is 160. The molecule has 3 N–H and O–H groups in total. The second-order valence-electron chi connectivity index (χ2n) is 4.68. The number of unbranched alkanes of at least 4 members (excludes halogenated alkanes) is 3. The molecule has 0 aromatic carbocycles. The molecule has 0 saturated heterocycles. The minimum Gasteiger partial charge on any atom is -0.481 e. The number of rotatable bonds is 7. The van der Waals surface area contributed by atoms with Gasteiger partial charge in [0.2, 0.25) is 0 Å². The summed E-state index contributed by atoms with van der Waals surface area (Å²) in [5.41, 5.74) is -0.306. The number of aliphatic carboxylic acids is 1. The lowest BCUT2D eigenvalue weighted by Crippen LogP contribution is -2.20. The lowest BCUT2D eigenvalue weighted by atomic mass is 9.97. The van der Waals surface area contributed by atoms with Crippen LogP contribution < -0.4 is 0 Å². The molecule has 0 aromatic heterocycles. The lowest BCUT2D eigenvalue weighted by molar-refractivity contribution is -0.137. The van der Waals surface area contributed by atoms with Crippen molar-refractivity contribution >= 4 is 5.97 Å². The SMILES string of the molecule is CC(C)(CO)CO.CCCCCCC(=O)O. The van der Waals surface area contributed by atoms with Crippen LogP contribution in [0.15, 0.2) is 0 Å². The molecule has 0 fully saturated rings. The summed E-state index contributed by atoms with van der Waals surface area (Å²) in [4.78, 5) is 9.96. The van der Waals surface area contributed by atoms with Crippen molar-refractivity contribution in [1.29, 1.82) is 0 Å².